The van der Waals surface area contributed by atoms with Gasteiger partial charge in [-0.3, -0.25) is 9.59 Å². The van der Waals surface area contributed by atoms with Gasteiger partial charge >= 0.3 is 0 Å². The zero-order chi connectivity index (χ0) is 20.4. The summed E-state index contributed by atoms with van der Waals surface area (Å²) in [7, 11) is 1.64. The molecule has 29 heavy (non-hydrogen) atoms. The SMILES string of the molecule is CCCCN1C(=O)CC(C(=O)NC2CC3CCC(C2)N3)C1c1ccc(OC)cc1. The van der Waals surface area contributed by atoms with Gasteiger partial charge in [0, 0.05) is 31.1 Å². The minimum absolute atomic E-state index is 0.0319. The number of unbranched alkanes of at least 4 members (excludes halogenated alkanes) is 1. The Kier molecular flexibility index (Phi) is 6.09. The molecule has 0 radical (unpaired) electrons. The van der Waals surface area contributed by atoms with Gasteiger partial charge in [0.15, 0.2) is 0 Å². The van der Waals surface area contributed by atoms with E-state index >= 15 is 0 Å². The summed E-state index contributed by atoms with van der Waals surface area (Å²) < 4.78 is 5.28. The quantitative estimate of drug-likeness (QED) is 0.740. The smallest absolute Gasteiger partial charge is 0.226 e. The van der Waals surface area contributed by atoms with E-state index in [4.69, 9.17) is 4.74 Å². The van der Waals surface area contributed by atoms with Gasteiger partial charge < -0.3 is 20.3 Å². The van der Waals surface area contributed by atoms with Gasteiger partial charge in [-0.2, -0.15) is 0 Å². The zero-order valence-corrected chi connectivity index (χ0v) is 17.5. The predicted molar refractivity (Wildman–Crippen MR) is 112 cm³/mol. The highest BCUT2D eigenvalue weighted by molar-refractivity contribution is 5.90. The molecule has 4 atom stereocenters. The van der Waals surface area contributed by atoms with Crippen LogP contribution in [0, 0.1) is 5.92 Å². The van der Waals surface area contributed by atoms with Gasteiger partial charge in [0.2, 0.25) is 11.8 Å². The molecule has 4 unspecified atom stereocenters. The van der Waals surface area contributed by atoms with Crippen LogP contribution < -0.4 is 15.4 Å². The molecular weight excluding hydrogens is 366 g/mol. The lowest BCUT2D eigenvalue weighted by molar-refractivity contribution is -0.129. The second-order valence-corrected chi connectivity index (χ2v) is 8.78. The van der Waals surface area contributed by atoms with Gasteiger partial charge in [-0.25, -0.2) is 0 Å². The molecule has 6 heteroatoms. The van der Waals surface area contributed by atoms with Crippen molar-refractivity contribution >= 4 is 11.8 Å². The van der Waals surface area contributed by atoms with Gasteiger partial charge in [-0.05, 0) is 49.8 Å². The molecule has 3 fully saturated rings. The molecule has 2 bridgehead atoms. The number of ether oxygens (including phenoxy) is 1. The van der Waals surface area contributed by atoms with Crippen molar-refractivity contribution in [2.75, 3.05) is 13.7 Å². The molecular formula is C23H33N3O3. The minimum atomic E-state index is -0.333. The van der Waals surface area contributed by atoms with E-state index in [-0.39, 0.29) is 29.8 Å². The number of carbonyl (C=O) groups excluding carboxylic acids is 2. The summed E-state index contributed by atoms with van der Waals surface area (Å²) in [5.74, 6) is 0.568. The number of hydrogen-bond acceptors (Lipinski definition) is 4. The van der Waals surface area contributed by atoms with Gasteiger partial charge in [0.05, 0.1) is 19.1 Å². The Hall–Kier alpha value is -2.08. The Labute approximate surface area is 173 Å². The topological polar surface area (TPSA) is 70.7 Å². The molecule has 1 aromatic rings. The van der Waals surface area contributed by atoms with Crippen LogP contribution in [-0.2, 0) is 9.59 Å². The third-order valence-electron chi connectivity index (χ3n) is 6.80. The van der Waals surface area contributed by atoms with Crippen molar-refractivity contribution < 1.29 is 14.3 Å². The van der Waals surface area contributed by atoms with Crippen molar-refractivity contribution in [2.45, 2.75) is 76.0 Å². The minimum Gasteiger partial charge on any atom is -0.497 e. The lowest BCUT2D eigenvalue weighted by Gasteiger charge is -2.32. The van der Waals surface area contributed by atoms with Crippen molar-refractivity contribution in [3.05, 3.63) is 29.8 Å². The maximum absolute atomic E-state index is 13.3. The van der Waals surface area contributed by atoms with Crippen LogP contribution in [0.3, 0.4) is 0 Å². The van der Waals surface area contributed by atoms with E-state index in [2.05, 4.69) is 17.6 Å². The van der Waals surface area contributed by atoms with E-state index < -0.39 is 0 Å². The fourth-order valence-electron chi connectivity index (χ4n) is 5.31. The molecule has 2 N–H and O–H groups in total. The number of likely N-dealkylation sites (tertiary alicyclic amines) is 1. The summed E-state index contributed by atoms with van der Waals surface area (Å²) in [6.07, 6.45) is 6.67. The molecule has 0 spiro atoms. The molecule has 0 saturated carbocycles. The van der Waals surface area contributed by atoms with Crippen LogP contribution in [0.1, 0.15) is 63.5 Å². The third kappa shape index (κ3) is 4.27. The van der Waals surface area contributed by atoms with Crippen molar-refractivity contribution in [1.29, 1.82) is 0 Å². The number of piperidine rings is 1. The highest BCUT2D eigenvalue weighted by Gasteiger charge is 2.45. The van der Waals surface area contributed by atoms with Crippen LogP contribution in [0.25, 0.3) is 0 Å². The van der Waals surface area contributed by atoms with Crippen LogP contribution in [0.2, 0.25) is 0 Å². The number of amides is 2. The third-order valence-corrected chi connectivity index (χ3v) is 6.80. The largest absolute Gasteiger partial charge is 0.497 e. The highest BCUT2D eigenvalue weighted by atomic mass is 16.5. The van der Waals surface area contributed by atoms with E-state index in [1.54, 1.807) is 7.11 Å². The lowest BCUT2D eigenvalue weighted by atomic mass is 9.91. The standard InChI is InChI=1S/C23H33N3O3/c1-3-4-11-26-21(27)14-20(22(26)15-5-9-19(29-2)10-6-15)23(28)25-18-12-16-7-8-17(13-18)24-16/h5-6,9-10,16-18,20,22,24H,3-4,7-8,11-14H2,1-2H3,(H,25,28). The summed E-state index contributed by atoms with van der Waals surface area (Å²) >= 11 is 0. The van der Waals surface area contributed by atoms with Crippen LogP contribution in [0.5, 0.6) is 5.75 Å². The maximum atomic E-state index is 13.3. The Morgan fingerprint density at radius 1 is 1.21 bits per heavy atom. The van der Waals surface area contributed by atoms with E-state index in [1.807, 2.05) is 29.2 Å². The summed E-state index contributed by atoms with van der Waals surface area (Å²) in [5, 5.41) is 6.92. The highest BCUT2D eigenvalue weighted by Crippen LogP contribution is 2.39. The first-order valence-electron chi connectivity index (χ1n) is 11.1. The number of fused-ring (bicyclic) bond motifs is 2. The van der Waals surface area contributed by atoms with Crippen molar-refractivity contribution in [3.8, 4) is 5.75 Å². The number of nitrogens with zero attached hydrogens (tertiary/aromatic N) is 1. The molecule has 158 valence electrons. The van der Waals surface area contributed by atoms with E-state index in [0.29, 0.717) is 25.0 Å². The molecule has 3 saturated heterocycles. The van der Waals surface area contributed by atoms with Crippen LogP contribution in [0.15, 0.2) is 24.3 Å². The Bertz CT molecular complexity index is 723. The first-order valence-corrected chi connectivity index (χ1v) is 11.1. The second-order valence-electron chi connectivity index (χ2n) is 8.78. The molecule has 6 nitrogen and oxygen atoms in total. The molecule has 1 aromatic carbocycles. The summed E-state index contributed by atoms with van der Waals surface area (Å²) in [5.41, 5.74) is 1.01. The summed E-state index contributed by atoms with van der Waals surface area (Å²) in [6, 6.07) is 8.89. The van der Waals surface area contributed by atoms with Gasteiger partial charge in [0.25, 0.3) is 0 Å². The normalized spacial score (nSPS) is 31.2. The number of nitrogens with one attached hydrogen (secondary N) is 2. The summed E-state index contributed by atoms with van der Waals surface area (Å²) in [4.78, 5) is 28.0. The lowest BCUT2D eigenvalue weighted by Crippen LogP contribution is -2.49. The number of hydrogen-bond donors (Lipinski definition) is 2. The first kappa shape index (κ1) is 20.2. The van der Waals surface area contributed by atoms with Crippen LogP contribution in [0.4, 0.5) is 0 Å². The fourth-order valence-corrected chi connectivity index (χ4v) is 5.31. The number of methoxy groups -OCH3 is 1. The average molecular weight is 400 g/mol. The van der Waals surface area contributed by atoms with Crippen LogP contribution >= 0.6 is 0 Å². The number of benzene rings is 1. The second kappa shape index (κ2) is 8.74. The molecule has 0 aromatic heterocycles. The first-order chi connectivity index (χ1) is 14.1. The van der Waals surface area contributed by atoms with Gasteiger partial charge in [-0.15, -0.1) is 0 Å². The number of rotatable bonds is 7. The van der Waals surface area contributed by atoms with Crippen LogP contribution in [-0.4, -0.2) is 48.5 Å². The van der Waals surface area contributed by atoms with Crippen molar-refractivity contribution in [2.24, 2.45) is 5.92 Å². The average Bonchev–Trinajstić information content (AvgIpc) is 3.25. The van der Waals surface area contributed by atoms with E-state index in [9.17, 15) is 9.59 Å². The molecule has 3 aliphatic heterocycles. The summed E-state index contributed by atoms with van der Waals surface area (Å²) in [6.45, 7) is 2.83. The Morgan fingerprint density at radius 2 is 1.90 bits per heavy atom. The molecule has 2 amide bonds. The van der Waals surface area contributed by atoms with Gasteiger partial charge in [0.1, 0.15) is 5.75 Å². The zero-order valence-electron chi connectivity index (χ0n) is 17.5. The Morgan fingerprint density at radius 3 is 2.52 bits per heavy atom. The van der Waals surface area contributed by atoms with Gasteiger partial charge in [-0.1, -0.05) is 25.5 Å². The monoisotopic (exact) mass is 399 g/mol. The van der Waals surface area contributed by atoms with E-state index in [1.165, 1.54) is 12.8 Å². The molecule has 0 aliphatic carbocycles. The maximum Gasteiger partial charge on any atom is 0.226 e. The molecule has 4 rings (SSSR count). The predicted octanol–water partition coefficient (Wildman–Crippen LogP) is 2.78. The fraction of sp³-hybridized carbons (Fsp3) is 0.652. The molecule has 3 heterocycles. The molecule has 3 aliphatic rings. The van der Waals surface area contributed by atoms with E-state index in [0.717, 1.165) is 37.0 Å². The van der Waals surface area contributed by atoms with Crippen molar-refractivity contribution in [3.63, 3.8) is 0 Å². The van der Waals surface area contributed by atoms with Crippen molar-refractivity contribution in [1.82, 2.24) is 15.5 Å². The Balaban J connectivity index is 1.52. The number of carbonyl (C=O) groups is 2.